The molecular weight excluding hydrogens is 254 g/mol. The van der Waals surface area contributed by atoms with Gasteiger partial charge in [-0.3, -0.25) is 0 Å². The first-order chi connectivity index (χ1) is 9.90. The van der Waals surface area contributed by atoms with Crippen molar-refractivity contribution in [1.29, 1.82) is 0 Å². The van der Waals surface area contributed by atoms with Crippen molar-refractivity contribution < 1.29 is 0 Å². The summed E-state index contributed by atoms with van der Waals surface area (Å²) in [5.41, 5.74) is 5.44. The SMILES string of the molecule is CN[C@]1(C)CCC[C@]2(C)c3ccc(C(C)C)cc3CC[C@@H]12. The summed E-state index contributed by atoms with van der Waals surface area (Å²) in [4.78, 5) is 0. The van der Waals surface area contributed by atoms with E-state index < -0.39 is 0 Å². The standard InChI is InChI=1S/C20H31N/c1-14(2)15-7-9-17-16(13-15)8-10-18-19(17,3)11-6-12-20(18,4)21-5/h7,9,13-14,18,21H,6,8,10-12H2,1-5H3/t18-,19-,20-/m1/s1. The van der Waals surface area contributed by atoms with Crippen LogP contribution in [0.3, 0.4) is 0 Å². The summed E-state index contributed by atoms with van der Waals surface area (Å²) in [5.74, 6) is 1.40. The Bertz CT molecular complexity index is 533. The molecule has 1 N–H and O–H groups in total. The molecule has 0 heterocycles. The highest BCUT2D eigenvalue weighted by molar-refractivity contribution is 5.42. The van der Waals surface area contributed by atoms with Crippen molar-refractivity contribution in [2.45, 2.75) is 76.7 Å². The van der Waals surface area contributed by atoms with Gasteiger partial charge in [0.05, 0.1) is 0 Å². The quantitative estimate of drug-likeness (QED) is 0.823. The molecule has 3 atom stereocenters. The fraction of sp³-hybridized carbons (Fsp3) is 0.700. The second-order valence-corrected chi connectivity index (χ2v) is 8.10. The lowest BCUT2D eigenvalue weighted by atomic mass is 9.52. The summed E-state index contributed by atoms with van der Waals surface area (Å²) >= 11 is 0. The second-order valence-electron chi connectivity index (χ2n) is 8.10. The number of nitrogens with one attached hydrogen (secondary N) is 1. The minimum Gasteiger partial charge on any atom is -0.314 e. The molecule has 2 aliphatic carbocycles. The Morgan fingerprint density at radius 2 is 1.95 bits per heavy atom. The van der Waals surface area contributed by atoms with Gasteiger partial charge in [0.2, 0.25) is 0 Å². The average molecular weight is 285 g/mol. The summed E-state index contributed by atoms with van der Waals surface area (Å²) in [6.45, 7) is 9.57. The van der Waals surface area contributed by atoms with Gasteiger partial charge in [0.25, 0.3) is 0 Å². The molecule has 0 amide bonds. The monoisotopic (exact) mass is 285 g/mol. The van der Waals surface area contributed by atoms with Crippen molar-refractivity contribution in [3.05, 3.63) is 34.9 Å². The molecule has 0 saturated heterocycles. The van der Waals surface area contributed by atoms with Gasteiger partial charge in [-0.15, -0.1) is 0 Å². The Hall–Kier alpha value is -0.820. The number of aryl methyl sites for hydroxylation is 1. The van der Waals surface area contributed by atoms with Crippen molar-refractivity contribution in [3.63, 3.8) is 0 Å². The Labute approximate surface area is 130 Å². The minimum atomic E-state index is 0.307. The van der Waals surface area contributed by atoms with E-state index in [0.29, 0.717) is 16.9 Å². The lowest BCUT2D eigenvalue weighted by molar-refractivity contribution is 0.0683. The van der Waals surface area contributed by atoms with Crippen molar-refractivity contribution in [2.75, 3.05) is 7.05 Å². The normalized spacial score (nSPS) is 35.4. The van der Waals surface area contributed by atoms with Crippen molar-refractivity contribution in [3.8, 4) is 0 Å². The van der Waals surface area contributed by atoms with Crippen LogP contribution in [0.25, 0.3) is 0 Å². The second kappa shape index (κ2) is 5.12. The van der Waals surface area contributed by atoms with E-state index in [1.54, 1.807) is 11.1 Å². The lowest BCUT2D eigenvalue weighted by Gasteiger charge is -2.55. The topological polar surface area (TPSA) is 12.0 Å². The van der Waals surface area contributed by atoms with Crippen LogP contribution in [0.15, 0.2) is 18.2 Å². The van der Waals surface area contributed by atoms with Crippen LogP contribution in [-0.2, 0) is 11.8 Å². The highest BCUT2D eigenvalue weighted by Gasteiger charge is 2.51. The van der Waals surface area contributed by atoms with Gasteiger partial charge in [-0.05, 0) is 73.6 Å². The van der Waals surface area contributed by atoms with E-state index in [1.807, 2.05) is 0 Å². The zero-order chi connectivity index (χ0) is 15.3. The van der Waals surface area contributed by atoms with E-state index in [4.69, 9.17) is 0 Å². The van der Waals surface area contributed by atoms with Crippen LogP contribution in [0.4, 0.5) is 0 Å². The van der Waals surface area contributed by atoms with Gasteiger partial charge >= 0.3 is 0 Å². The molecule has 1 heteroatoms. The fourth-order valence-electron chi connectivity index (χ4n) is 5.17. The van der Waals surface area contributed by atoms with E-state index in [9.17, 15) is 0 Å². The molecule has 0 radical (unpaired) electrons. The third-order valence-electron chi connectivity index (χ3n) is 6.62. The van der Waals surface area contributed by atoms with Crippen LogP contribution in [0, 0.1) is 5.92 Å². The molecule has 1 saturated carbocycles. The number of rotatable bonds is 2. The molecule has 2 aliphatic rings. The maximum atomic E-state index is 3.67. The molecule has 1 aromatic carbocycles. The number of hydrogen-bond acceptors (Lipinski definition) is 1. The van der Waals surface area contributed by atoms with E-state index >= 15 is 0 Å². The Morgan fingerprint density at radius 3 is 2.62 bits per heavy atom. The van der Waals surface area contributed by atoms with Crippen LogP contribution >= 0.6 is 0 Å². The summed E-state index contributed by atoms with van der Waals surface area (Å²) in [7, 11) is 2.16. The molecule has 0 aromatic heterocycles. The van der Waals surface area contributed by atoms with Crippen molar-refractivity contribution in [1.82, 2.24) is 5.32 Å². The van der Waals surface area contributed by atoms with Gasteiger partial charge in [0.15, 0.2) is 0 Å². The molecule has 1 nitrogen and oxygen atoms in total. The zero-order valence-electron chi connectivity index (χ0n) is 14.4. The predicted octanol–water partition coefficient (Wildman–Crippen LogP) is 4.79. The van der Waals surface area contributed by atoms with Crippen LogP contribution < -0.4 is 5.32 Å². The smallest absolute Gasteiger partial charge is 0.0187 e. The van der Waals surface area contributed by atoms with E-state index in [1.165, 1.54) is 37.7 Å². The maximum Gasteiger partial charge on any atom is 0.0187 e. The van der Waals surface area contributed by atoms with Gasteiger partial charge in [0.1, 0.15) is 0 Å². The van der Waals surface area contributed by atoms with E-state index in [-0.39, 0.29) is 0 Å². The Kier molecular flexibility index (Phi) is 3.68. The first kappa shape index (κ1) is 15.1. The third kappa shape index (κ3) is 2.25. The largest absolute Gasteiger partial charge is 0.314 e. The van der Waals surface area contributed by atoms with Crippen molar-refractivity contribution >= 4 is 0 Å². The minimum absolute atomic E-state index is 0.307. The molecule has 3 rings (SSSR count). The van der Waals surface area contributed by atoms with Crippen LogP contribution in [0.5, 0.6) is 0 Å². The first-order valence-electron chi connectivity index (χ1n) is 8.73. The first-order valence-corrected chi connectivity index (χ1v) is 8.73. The molecule has 0 spiro atoms. The highest BCUT2D eigenvalue weighted by Crippen LogP contribution is 2.53. The van der Waals surface area contributed by atoms with Gasteiger partial charge in [-0.25, -0.2) is 0 Å². The highest BCUT2D eigenvalue weighted by atomic mass is 15.0. The molecular formula is C20H31N. The fourth-order valence-corrected chi connectivity index (χ4v) is 5.17. The summed E-state index contributed by atoms with van der Waals surface area (Å²) < 4.78 is 0. The lowest BCUT2D eigenvalue weighted by Crippen LogP contribution is -2.58. The number of fused-ring (bicyclic) bond motifs is 3. The summed E-state index contributed by atoms with van der Waals surface area (Å²) in [6.07, 6.45) is 6.61. The average Bonchev–Trinajstić information content (AvgIpc) is 2.46. The molecule has 116 valence electrons. The van der Waals surface area contributed by atoms with Crippen LogP contribution in [0.1, 0.15) is 76.0 Å². The molecule has 0 unspecified atom stereocenters. The maximum absolute atomic E-state index is 3.67. The van der Waals surface area contributed by atoms with Gasteiger partial charge in [0, 0.05) is 5.54 Å². The van der Waals surface area contributed by atoms with Crippen molar-refractivity contribution in [2.24, 2.45) is 5.92 Å². The van der Waals surface area contributed by atoms with Gasteiger partial charge in [-0.2, -0.15) is 0 Å². The van der Waals surface area contributed by atoms with Crippen LogP contribution in [0.2, 0.25) is 0 Å². The molecule has 1 fully saturated rings. The van der Waals surface area contributed by atoms with E-state index in [0.717, 1.165) is 5.92 Å². The number of hydrogen-bond donors (Lipinski definition) is 1. The molecule has 21 heavy (non-hydrogen) atoms. The van der Waals surface area contributed by atoms with Crippen LogP contribution in [-0.4, -0.2) is 12.6 Å². The third-order valence-corrected chi connectivity index (χ3v) is 6.62. The number of benzene rings is 1. The van der Waals surface area contributed by atoms with Gasteiger partial charge < -0.3 is 5.32 Å². The van der Waals surface area contributed by atoms with Gasteiger partial charge in [-0.1, -0.05) is 45.4 Å². The zero-order valence-corrected chi connectivity index (χ0v) is 14.4. The summed E-state index contributed by atoms with van der Waals surface area (Å²) in [6, 6.07) is 7.33. The molecule has 1 aromatic rings. The Morgan fingerprint density at radius 1 is 1.19 bits per heavy atom. The Balaban J connectivity index is 2.05. The molecule has 0 aliphatic heterocycles. The van der Waals surface area contributed by atoms with E-state index in [2.05, 4.69) is 58.3 Å². The summed E-state index contributed by atoms with van der Waals surface area (Å²) in [5, 5.41) is 3.67. The predicted molar refractivity (Wildman–Crippen MR) is 91.0 cm³/mol. The molecule has 0 bridgehead atoms.